The molecule has 0 aliphatic carbocycles. The van der Waals surface area contributed by atoms with E-state index in [1.165, 1.54) is 0 Å². The molecule has 0 aromatic rings. The predicted octanol–water partition coefficient (Wildman–Crippen LogP) is 1.31. The second-order valence-electron chi connectivity index (χ2n) is 5.91. The van der Waals surface area contributed by atoms with E-state index in [2.05, 4.69) is 10.2 Å². The maximum absolute atomic E-state index is 11.4. The standard InChI is InChI=1S/C13H24N2O4/c1-13(2,3)19-12(18)14-6-8-15-7-4-5-10(9-15)11(16)17/h10H,4-9H2,1-3H3,(H,14,18)(H,16,17)/t10-/m1/s1. The lowest BCUT2D eigenvalue weighted by atomic mass is 9.98. The number of alkyl carbamates (subject to hydrolysis) is 1. The number of carboxylic acids is 1. The van der Waals surface area contributed by atoms with Gasteiger partial charge in [0.2, 0.25) is 0 Å². The van der Waals surface area contributed by atoms with Gasteiger partial charge in [0.15, 0.2) is 0 Å². The molecule has 1 rings (SSSR count). The molecule has 1 fully saturated rings. The number of ether oxygens (including phenoxy) is 1. The van der Waals surface area contributed by atoms with Gasteiger partial charge in [-0.1, -0.05) is 0 Å². The van der Waals surface area contributed by atoms with Crippen LogP contribution in [0, 0.1) is 5.92 Å². The van der Waals surface area contributed by atoms with E-state index in [4.69, 9.17) is 9.84 Å². The van der Waals surface area contributed by atoms with Crippen LogP contribution in [-0.2, 0) is 9.53 Å². The van der Waals surface area contributed by atoms with E-state index >= 15 is 0 Å². The number of rotatable bonds is 4. The number of nitrogens with one attached hydrogen (secondary N) is 1. The molecular weight excluding hydrogens is 248 g/mol. The van der Waals surface area contributed by atoms with Crippen LogP contribution in [0.25, 0.3) is 0 Å². The first kappa shape index (κ1) is 15.8. The number of carbonyl (C=O) groups is 2. The maximum Gasteiger partial charge on any atom is 0.407 e. The highest BCUT2D eigenvalue weighted by Gasteiger charge is 2.25. The maximum atomic E-state index is 11.4. The highest BCUT2D eigenvalue weighted by molar-refractivity contribution is 5.70. The van der Waals surface area contributed by atoms with E-state index in [-0.39, 0.29) is 5.92 Å². The van der Waals surface area contributed by atoms with Crippen LogP contribution in [0.3, 0.4) is 0 Å². The zero-order chi connectivity index (χ0) is 14.5. The molecule has 1 heterocycles. The molecule has 0 radical (unpaired) electrons. The molecule has 0 unspecified atom stereocenters. The van der Waals surface area contributed by atoms with E-state index in [0.717, 1.165) is 19.4 Å². The van der Waals surface area contributed by atoms with Crippen molar-refractivity contribution in [3.63, 3.8) is 0 Å². The molecule has 1 aliphatic heterocycles. The van der Waals surface area contributed by atoms with Gasteiger partial charge in [0.1, 0.15) is 5.60 Å². The minimum atomic E-state index is -0.732. The summed E-state index contributed by atoms with van der Waals surface area (Å²) in [6, 6.07) is 0. The molecule has 0 aromatic heterocycles. The van der Waals surface area contributed by atoms with E-state index in [1.807, 2.05) is 20.8 Å². The molecule has 6 heteroatoms. The molecule has 6 nitrogen and oxygen atoms in total. The zero-order valence-corrected chi connectivity index (χ0v) is 11.9. The molecule has 1 amide bonds. The Morgan fingerprint density at radius 2 is 2.11 bits per heavy atom. The van der Waals surface area contributed by atoms with Crippen molar-refractivity contribution in [3.8, 4) is 0 Å². The topological polar surface area (TPSA) is 78.9 Å². The number of piperidine rings is 1. The van der Waals surface area contributed by atoms with Gasteiger partial charge in [-0.05, 0) is 40.2 Å². The van der Waals surface area contributed by atoms with Gasteiger partial charge in [0, 0.05) is 19.6 Å². The highest BCUT2D eigenvalue weighted by atomic mass is 16.6. The van der Waals surface area contributed by atoms with Gasteiger partial charge in [0.05, 0.1) is 5.92 Å². The lowest BCUT2D eigenvalue weighted by Gasteiger charge is -2.30. The van der Waals surface area contributed by atoms with Crippen molar-refractivity contribution in [1.29, 1.82) is 0 Å². The van der Waals surface area contributed by atoms with Crippen LogP contribution in [0.4, 0.5) is 4.79 Å². The lowest BCUT2D eigenvalue weighted by Crippen LogP contribution is -2.43. The molecule has 0 saturated carbocycles. The van der Waals surface area contributed by atoms with Crippen molar-refractivity contribution in [1.82, 2.24) is 10.2 Å². The quantitative estimate of drug-likeness (QED) is 0.806. The van der Waals surface area contributed by atoms with Crippen LogP contribution >= 0.6 is 0 Å². The van der Waals surface area contributed by atoms with Gasteiger partial charge in [-0.3, -0.25) is 4.79 Å². The van der Waals surface area contributed by atoms with Crippen LogP contribution in [0.15, 0.2) is 0 Å². The number of carbonyl (C=O) groups excluding carboxylic acids is 1. The van der Waals surface area contributed by atoms with Crippen molar-refractivity contribution in [2.45, 2.75) is 39.2 Å². The first-order valence-corrected chi connectivity index (χ1v) is 6.70. The van der Waals surface area contributed by atoms with Crippen LogP contribution in [-0.4, -0.2) is 53.8 Å². The van der Waals surface area contributed by atoms with Gasteiger partial charge in [-0.25, -0.2) is 4.79 Å². The summed E-state index contributed by atoms with van der Waals surface area (Å²) in [5.41, 5.74) is -0.496. The lowest BCUT2D eigenvalue weighted by molar-refractivity contribution is -0.143. The summed E-state index contributed by atoms with van der Waals surface area (Å²) in [5, 5.41) is 11.7. The molecule has 0 spiro atoms. The van der Waals surface area contributed by atoms with Crippen molar-refractivity contribution >= 4 is 12.1 Å². The Morgan fingerprint density at radius 1 is 1.42 bits per heavy atom. The van der Waals surface area contributed by atoms with Crippen LogP contribution in [0.1, 0.15) is 33.6 Å². The third-order valence-corrected chi connectivity index (χ3v) is 2.95. The molecule has 0 aromatic carbocycles. The molecule has 1 saturated heterocycles. The minimum Gasteiger partial charge on any atom is -0.481 e. The molecule has 1 aliphatic rings. The number of hydrogen-bond donors (Lipinski definition) is 2. The Bertz CT molecular complexity index is 325. The molecular formula is C13H24N2O4. The molecule has 2 N–H and O–H groups in total. The van der Waals surface area contributed by atoms with Gasteiger partial charge >= 0.3 is 12.1 Å². The predicted molar refractivity (Wildman–Crippen MR) is 71.0 cm³/mol. The van der Waals surface area contributed by atoms with Crippen molar-refractivity contribution in [2.75, 3.05) is 26.2 Å². The number of hydrogen-bond acceptors (Lipinski definition) is 4. The Balaban J connectivity index is 2.22. The van der Waals surface area contributed by atoms with Crippen molar-refractivity contribution in [3.05, 3.63) is 0 Å². The van der Waals surface area contributed by atoms with Gasteiger partial charge in [-0.15, -0.1) is 0 Å². The number of nitrogens with zero attached hydrogens (tertiary/aromatic N) is 1. The second-order valence-corrected chi connectivity index (χ2v) is 5.91. The number of amides is 1. The van der Waals surface area contributed by atoms with E-state index in [1.54, 1.807) is 0 Å². The summed E-state index contributed by atoms with van der Waals surface area (Å²) >= 11 is 0. The largest absolute Gasteiger partial charge is 0.481 e. The van der Waals surface area contributed by atoms with Gasteiger partial charge in [0.25, 0.3) is 0 Å². The molecule has 110 valence electrons. The first-order chi connectivity index (χ1) is 8.78. The SMILES string of the molecule is CC(C)(C)OC(=O)NCCN1CCC[C@@H](C(=O)O)C1. The third kappa shape index (κ3) is 6.42. The number of likely N-dealkylation sites (tertiary alicyclic amines) is 1. The fourth-order valence-corrected chi connectivity index (χ4v) is 2.09. The van der Waals surface area contributed by atoms with E-state index in [0.29, 0.717) is 19.6 Å². The summed E-state index contributed by atoms with van der Waals surface area (Å²) in [7, 11) is 0. The summed E-state index contributed by atoms with van der Waals surface area (Å²) in [4.78, 5) is 24.4. The first-order valence-electron chi connectivity index (χ1n) is 6.70. The average Bonchev–Trinajstić information content (AvgIpc) is 2.27. The highest BCUT2D eigenvalue weighted by Crippen LogP contribution is 2.15. The fourth-order valence-electron chi connectivity index (χ4n) is 2.09. The van der Waals surface area contributed by atoms with Crippen LogP contribution < -0.4 is 5.32 Å². The molecule has 19 heavy (non-hydrogen) atoms. The van der Waals surface area contributed by atoms with Crippen molar-refractivity contribution in [2.24, 2.45) is 5.92 Å². The molecule has 1 atom stereocenters. The summed E-state index contributed by atoms with van der Waals surface area (Å²) in [5.74, 6) is -1.01. The Labute approximate surface area is 114 Å². The normalized spacial score (nSPS) is 20.9. The second kappa shape index (κ2) is 6.75. The van der Waals surface area contributed by atoms with E-state index < -0.39 is 17.7 Å². The Hall–Kier alpha value is -1.30. The minimum absolute atomic E-state index is 0.282. The van der Waals surface area contributed by atoms with Gasteiger partial charge in [-0.2, -0.15) is 0 Å². The monoisotopic (exact) mass is 272 g/mol. The summed E-state index contributed by atoms with van der Waals surface area (Å²) in [6.07, 6.45) is 1.20. The van der Waals surface area contributed by atoms with Crippen molar-refractivity contribution < 1.29 is 19.4 Å². The average molecular weight is 272 g/mol. The number of carboxylic acid groups (broad SMARTS) is 1. The van der Waals surface area contributed by atoms with Crippen LogP contribution in [0.2, 0.25) is 0 Å². The van der Waals surface area contributed by atoms with E-state index in [9.17, 15) is 9.59 Å². The van der Waals surface area contributed by atoms with Crippen LogP contribution in [0.5, 0.6) is 0 Å². The van der Waals surface area contributed by atoms with Gasteiger partial charge < -0.3 is 20.1 Å². The summed E-state index contributed by atoms with van der Waals surface area (Å²) in [6.45, 7) is 8.02. The Kier molecular flexibility index (Phi) is 5.60. The Morgan fingerprint density at radius 3 is 2.68 bits per heavy atom. The summed E-state index contributed by atoms with van der Waals surface area (Å²) < 4.78 is 5.12. The number of aliphatic carboxylic acids is 1. The molecule has 0 bridgehead atoms. The smallest absolute Gasteiger partial charge is 0.407 e. The fraction of sp³-hybridized carbons (Fsp3) is 0.846. The third-order valence-electron chi connectivity index (χ3n) is 2.95. The zero-order valence-electron chi connectivity index (χ0n) is 11.9.